The molecule has 0 saturated carbocycles. The average Bonchev–Trinajstić information content (AvgIpc) is 2.59. The highest BCUT2D eigenvalue weighted by molar-refractivity contribution is 9.10. The van der Waals surface area contributed by atoms with Crippen LogP contribution in [0.4, 0.5) is 0 Å². The van der Waals surface area contributed by atoms with Crippen LogP contribution in [0.25, 0.3) is 0 Å². The largest absolute Gasteiger partial charge is 0.496 e. The van der Waals surface area contributed by atoms with Gasteiger partial charge < -0.3 is 9.47 Å². The minimum Gasteiger partial charge on any atom is -0.496 e. The Morgan fingerprint density at radius 1 is 1.16 bits per heavy atom. The number of carbonyl (C=O) groups excluding carboxylic acids is 1. The van der Waals surface area contributed by atoms with E-state index in [1.165, 1.54) is 32.4 Å². The lowest BCUT2D eigenvalue weighted by Crippen LogP contribution is -2.24. The van der Waals surface area contributed by atoms with Gasteiger partial charge in [-0.25, -0.2) is 17.9 Å². The second-order valence-corrected chi connectivity index (χ2v) is 7.90. The number of nitrogens with one attached hydrogen (secondary N) is 1. The van der Waals surface area contributed by atoms with E-state index < -0.39 is 16.0 Å². The van der Waals surface area contributed by atoms with Crippen molar-refractivity contribution in [3.63, 3.8) is 0 Å². The first-order chi connectivity index (χ1) is 11.8. The molecule has 1 N–H and O–H groups in total. The summed E-state index contributed by atoms with van der Waals surface area (Å²) >= 11 is 3.35. The molecular weight excluding hydrogens is 410 g/mol. The number of esters is 1. The highest BCUT2D eigenvalue weighted by atomic mass is 79.9. The van der Waals surface area contributed by atoms with Crippen LogP contribution in [0, 0.1) is 6.92 Å². The van der Waals surface area contributed by atoms with Gasteiger partial charge in [0.15, 0.2) is 0 Å². The van der Waals surface area contributed by atoms with Crippen LogP contribution < -0.4 is 9.46 Å². The monoisotopic (exact) mass is 427 g/mol. The molecule has 0 spiro atoms. The molecule has 0 aliphatic rings. The molecule has 2 aromatic carbocycles. The summed E-state index contributed by atoms with van der Waals surface area (Å²) in [5, 5.41) is 0. The normalized spacial score (nSPS) is 11.2. The number of sulfonamides is 1. The molecule has 0 fully saturated rings. The Morgan fingerprint density at radius 3 is 2.48 bits per heavy atom. The van der Waals surface area contributed by atoms with Crippen molar-refractivity contribution >= 4 is 31.9 Å². The smallest absolute Gasteiger partial charge is 0.337 e. The van der Waals surface area contributed by atoms with E-state index in [9.17, 15) is 13.2 Å². The lowest BCUT2D eigenvalue weighted by atomic mass is 10.1. The molecule has 0 bridgehead atoms. The topological polar surface area (TPSA) is 81.7 Å². The van der Waals surface area contributed by atoms with E-state index in [-0.39, 0.29) is 11.4 Å². The van der Waals surface area contributed by atoms with Gasteiger partial charge in [-0.3, -0.25) is 0 Å². The number of ether oxygens (including phenoxy) is 2. The molecule has 0 atom stereocenters. The van der Waals surface area contributed by atoms with Gasteiger partial charge in [0.25, 0.3) is 0 Å². The van der Waals surface area contributed by atoms with Gasteiger partial charge in [-0.1, -0.05) is 15.9 Å². The van der Waals surface area contributed by atoms with Crippen LogP contribution in [0.3, 0.4) is 0 Å². The van der Waals surface area contributed by atoms with Gasteiger partial charge in [-0.05, 0) is 48.9 Å². The predicted molar refractivity (Wildman–Crippen MR) is 97.2 cm³/mol. The highest BCUT2D eigenvalue weighted by Gasteiger charge is 2.19. The molecule has 0 saturated heterocycles. The Labute approximate surface area is 155 Å². The van der Waals surface area contributed by atoms with Gasteiger partial charge >= 0.3 is 5.97 Å². The van der Waals surface area contributed by atoms with Crippen LogP contribution in [0.5, 0.6) is 5.75 Å². The van der Waals surface area contributed by atoms with Crippen molar-refractivity contribution in [3.05, 3.63) is 57.6 Å². The number of carbonyl (C=O) groups is 1. The van der Waals surface area contributed by atoms with Crippen LogP contribution >= 0.6 is 15.9 Å². The zero-order valence-corrected chi connectivity index (χ0v) is 16.4. The molecule has 2 rings (SSSR count). The molecule has 0 aromatic heterocycles. The number of aryl methyl sites for hydroxylation is 1. The summed E-state index contributed by atoms with van der Waals surface area (Å²) in [6.07, 6.45) is 0. The highest BCUT2D eigenvalue weighted by Crippen LogP contribution is 2.24. The first-order valence-electron chi connectivity index (χ1n) is 7.29. The average molecular weight is 428 g/mol. The van der Waals surface area contributed by atoms with Crippen LogP contribution in [-0.2, 0) is 21.3 Å². The maximum Gasteiger partial charge on any atom is 0.337 e. The number of rotatable bonds is 6. The first-order valence-corrected chi connectivity index (χ1v) is 9.57. The number of halogens is 1. The van der Waals surface area contributed by atoms with Gasteiger partial charge in [-0.15, -0.1) is 0 Å². The molecule has 6 nitrogen and oxygen atoms in total. The molecule has 0 radical (unpaired) electrons. The summed E-state index contributed by atoms with van der Waals surface area (Å²) < 4.78 is 38.4. The Hall–Kier alpha value is -1.90. The predicted octanol–water partition coefficient (Wildman–Crippen LogP) is 3.03. The third kappa shape index (κ3) is 4.59. The maximum absolute atomic E-state index is 12.6. The van der Waals surface area contributed by atoms with Crippen LogP contribution in [-0.4, -0.2) is 28.6 Å². The van der Waals surface area contributed by atoms with Crippen LogP contribution in [0.1, 0.15) is 21.5 Å². The van der Waals surface area contributed by atoms with E-state index in [0.717, 1.165) is 4.47 Å². The van der Waals surface area contributed by atoms with Crippen LogP contribution in [0.15, 0.2) is 45.8 Å². The summed E-state index contributed by atoms with van der Waals surface area (Å²) in [6, 6.07) is 9.65. The first kappa shape index (κ1) is 19.4. The summed E-state index contributed by atoms with van der Waals surface area (Å²) in [5.74, 6) is 0.0718. The Kier molecular flexibility index (Phi) is 6.21. The SMILES string of the molecule is COC(=O)c1ccc(S(=O)(=O)NCc2cc(Br)ccc2OC)c(C)c1. The van der Waals surface area contributed by atoms with Crippen LogP contribution in [0.2, 0.25) is 0 Å². The molecule has 25 heavy (non-hydrogen) atoms. The minimum absolute atomic E-state index is 0.0726. The molecule has 8 heteroatoms. The standard InChI is InChI=1S/C17H18BrNO5S/c1-11-8-12(17(20)24-3)4-7-16(11)25(21,22)19-10-13-9-14(18)5-6-15(13)23-2/h4-9,19H,10H2,1-3H3. The summed E-state index contributed by atoms with van der Waals surface area (Å²) in [6.45, 7) is 1.70. The van der Waals surface area contributed by atoms with Gasteiger partial charge in [0, 0.05) is 16.6 Å². The number of hydrogen-bond acceptors (Lipinski definition) is 5. The second-order valence-electron chi connectivity index (χ2n) is 5.25. The molecule has 0 amide bonds. The van der Waals surface area contributed by atoms with E-state index in [1.54, 1.807) is 19.1 Å². The zero-order chi connectivity index (χ0) is 18.6. The Morgan fingerprint density at radius 2 is 1.88 bits per heavy atom. The number of benzene rings is 2. The van der Waals surface area contributed by atoms with E-state index in [4.69, 9.17) is 4.74 Å². The van der Waals surface area contributed by atoms with E-state index in [1.807, 2.05) is 6.07 Å². The summed E-state index contributed by atoms with van der Waals surface area (Å²) in [7, 11) is -0.951. The molecule has 0 aliphatic heterocycles. The molecule has 2 aromatic rings. The van der Waals surface area contributed by atoms with Crippen molar-refractivity contribution in [2.45, 2.75) is 18.4 Å². The zero-order valence-electron chi connectivity index (χ0n) is 14.0. The van der Waals surface area contributed by atoms with Gasteiger partial charge in [0.2, 0.25) is 10.0 Å². The van der Waals surface area contributed by atoms with Crippen molar-refractivity contribution in [1.29, 1.82) is 0 Å². The van der Waals surface area contributed by atoms with E-state index in [2.05, 4.69) is 25.4 Å². The minimum atomic E-state index is -3.75. The fourth-order valence-electron chi connectivity index (χ4n) is 2.33. The molecule has 0 aliphatic carbocycles. The van der Waals surface area contributed by atoms with Crippen molar-refractivity contribution in [1.82, 2.24) is 4.72 Å². The fraction of sp³-hybridized carbons (Fsp3) is 0.235. The van der Waals surface area contributed by atoms with Gasteiger partial charge in [-0.2, -0.15) is 0 Å². The molecule has 134 valence electrons. The number of hydrogen-bond donors (Lipinski definition) is 1. The Bertz CT molecular complexity index is 896. The number of methoxy groups -OCH3 is 2. The van der Waals surface area contributed by atoms with Crippen molar-refractivity contribution in [2.75, 3.05) is 14.2 Å². The maximum atomic E-state index is 12.6. The van der Waals surface area contributed by atoms with Crippen molar-refractivity contribution < 1.29 is 22.7 Å². The second kappa shape index (κ2) is 7.99. The fourth-order valence-corrected chi connectivity index (χ4v) is 3.97. The lowest BCUT2D eigenvalue weighted by molar-refractivity contribution is 0.0600. The van der Waals surface area contributed by atoms with Gasteiger partial charge in [0.05, 0.1) is 24.7 Å². The Balaban J connectivity index is 2.25. The molecule has 0 unspecified atom stereocenters. The summed E-state index contributed by atoms with van der Waals surface area (Å²) in [5.41, 5.74) is 1.45. The molecular formula is C17H18BrNO5S. The van der Waals surface area contributed by atoms with E-state index in [0.29, 0.717) is 22.4 Å². The molecule has 0 heterocycles. The third-order valence-electron chi connectivity index (χ3n) is 3.58. The van der Waals surface area contributed by atoms with Gasteiger partial charge in [0.1, 0.15) is 5.75 Å². The summed E-state index contributed by atoms with van der Waals surface area (Å²) in [4.78, 5) is 11.6. The third-order valence-corrected chi connectivity index (χ3v) is 5.64. The quantitative estimate of drug-likeness (QED) is 0.716. The van der Waals surface area contributed by atoms with Crippen molar-refractivity contribution in [2.24, 2.45) is 0 Å². The van der Waals surface area contributed by atoms with Crippen molar-refractivity contribution in [3.8, 4) is 5.75 Å². The lowest BCUT2D eigenvalue weighted by Gasteiger charge is -2.12. The van der Waals surface area contributed by atoms with E-state index >= 15 is 0 Å².